The number of hydrogen-bond acceptors (Lipinski definition) is 5. The molecule has 1 atom stereocenters. The van der Waals surface area contributed by atoms with Gasteiger partial charge in [-0.05, 0) is 27.7 Å². The number of H-pyrrole nitrogens is 1. The molecule has 0 bridgehead atoms. The third-order valence-corrected chi connectivity index (χ3v) is 2.06. The molecule has 0 aromatic carbocycles. The maximum absolute atomic E-state index is 11.8. The molecule has 1 heterocycles. The van der Waals surface area contributed by atoms with Crippen molar-refractivity contribution in [3.8, 4) is 0 Å². The van der Waals surface area contributed by atoms with E-state index >= 15 is 0 Å². The quantitative estimate of drug-likeness (QED) is 0.654. The molecule has 1 unspecified atom stereocenters. The number of aliphatic hydroxyl groups is 1. The molecule has 1 rings (SSSR count). The van der Waals surface area contributed by atoms with E-state index in [0.29, 0.717) is 0 Å². The maximum atomic E-state index is 11.8. The van der Waals surface area contributed by atoms with E-state index < -0.39 is 23.7 Å². The van der Waals surface area contributed by atoms with Crippen molar-refractivity contribution in [1.29, 1.82) is 0 Å². The Morgan fingerprint density at radius 3 is 2.70 bits per heavy atom. The van der Waals surface area contributed by atoms with Gasteiger partial charge < -0.3 is 15.2 Å². The summed E-state index contributed by atoms with van der Waals surface area (Å²) < 4.78 is 5.08. The molecule has 0 saturated carbocycles. The molecule has 20 heavy (non-hydrogen) atoms. The summed E-state index contributed by atoms with van der Waals surface area (Å²) in [5.74, 6) is -0.477. The second-order valence-corrected chi connectivity index (χ2v) is 5.34. The molecule has 2 amide bonds. The van der Waals surface area contributed by atoms with E-state index in [4.69, 9.17) is 9.84 Å². The lowest BCUT2D eigenvalue weighted by molar-refractivity contribution is 0.0636. The summed E-state index contributed by atoms with van der Waals surface area (Å²) in [7, 11) is 0. The Balaban J connectivity index is 2.67. The minimum Gasteiger partial charge on any atom is -0.444 e. The zero-order valence-corrected chi connectivity index (χ0v) is 12.0. The van der Waals surface area contributed by atoms with Crippen LogP contribution in [0.25, 0.3) is 0 Å². The maximum Gasteiger partial charge on any atom is 0.412 e. The van der Waals surface area contributed by atoms with Crippen molar-refractivity contribution in [2.75, 3.05) is 11.9 Å². The Hall–Kier alpha value is -2.09. The average Bonchev–Trinajstić information content (AvgIpc) is 2.71. The van der Waals surface area contributed by atoms with Gasteiger partial charge in [0.05, 0.1) is 18.0 Å². The highest BCUT2D eigenvalue weighted by Crippen LogP contribution is 2.14. The predicted molar refractivity (Wildman–Crippen MR) is 72.5 cm³/mol. The third-order valence-electron chi connectivity index (χ3n) is 2.06. The molecule has 0 fully saturated rings. The van der Waals surface area contributed by atoms with Crippen LogP contribution in [0.2, 0.25) is 0 Å². The number of aromatic nitrogens is 2. The molecule has 112 valence electrons. The van der Waals surface area contributed by atoms with Crippen LogP contribution in [0, 0.1) is 0 Å². The van der Waals surface area contributed by atoms with Crippen LogP contribution in [0.3, 0.4) is 0 Å². The lowest BCUT2D eigenvalue weighted by atomic mass is 10.2. The molecule has 0 aliphatic heterocycles. The van der Waals surface area contributed by atoms with Gasteiger partial charge in [-0.1, -0.05) is 0 Å². The molecule has 1 aromatic heterocycles. The smallest absolute Gasteiger partial charge is 0.412 e. The summed E-state index contributed by atoms with van der Waals surface area (Å²) in [5, 5.41) is 20.2. The number of carbonyl (C=O) groups excluding carboxylic acids is 2. The van der Waals surface area contributed by atoms with Crippen LogP contribution in [0.5, 0.6) is 0 Å². The summed E-state index contributed by atoms with van der Waals surface area (Å²) in [6.45, 7) is 6.85. The molecule has 0 radical (unpaired) electrons. The van der Waals surface area contributed by atoms with Gasteiger partial charge in [0.15, 0.2) is 0 Å². The molecule has 0 saturated heterocycles. The van der Waals surface area contributed by atoms with Crippen LogP contribution in [-0.2, 0) is 4.74 Å². The van der Waals surface area contributed by atoms with Gasteiger partial charge in [-0.25, -0.2) is 4.79 Å². The van der Waals surface area contributed by atoms with Gasteiger partial charge in [0.1, 0.15) is 11.3 Å². The Labute approximate surface area is 116 Å². The second kappa shape index (κ2) is 6.38. The fourth-order valence-corrected chi connectivity index (χ4v) is 1.30. The fourth-order valence-electron chi connectivity index (χ4n) is 1.30. The largest absolute Gasteiger partial charge is 0.444 e. The van der Waals surface area contributed by atoms with Crippen LogP contribution in [0.15, 0.2) is 6.20 Å². The number of amides is 2. The zero-order valence-electron chi connectivity index (χ0n) is 12.0. The minimum atomic E-state index is -0.677. The van der Waals surface area contributed by atoms with E-state index in [2.05, 4.69) is 20.8 Å². The predicted octanol–water partition coefficient (Wildman–Crippen LogP) is 0.867. The van der Waals surface area contributed by atoms with Crippen molar-refractivity contribution in [3.05, 3.63) is 11.9 Å². The number of nitrogens with zero attached hydrogens (tertiary/aromatic N) is 1. The Morgan fingerprint density at radius 2 is 2.15 bits per heavy atom. The first-order valence-corrected chi connectivity index (χ1v) is 6.18. The number of nitrogens with one attached hydrogen (secondary N) is 3. The van der Waals surface area contributed by atoms with E-state index in [1.165, 1.54) is 6.20 Å². The second-order valence-electron chi connectivity index (χ2n) is 5.34. The van der Waals surface area contributed by atoms with Gasteiger partial charge >= 0.3 is 6.09 Å². The summed E-state index contributed by atoms with van der Waals surface area (Å²) in [4.78, 5) is 23.4. The van der Waals surface area contributed by atoms with Gasteiger partial charge in [0.2, 0.25) is 0 Å². The van der Waals surface area contributed by atoms with Crippen LogP contribution in [0.4, 0.5) is 10.5 Å². The van der Waals surface area contributed by atoms with Gasteiger partial charge in [-0.15, -0.1) is 0 Å². The monoisotopic (exact) mass is 284 g/mol. The number of hydrogen-bond donors (Lipinski definition) is 4. The molecule has 4 N–H and O–H groups in total. The number of rotatable bonds is 4. The van der Waals surface area contributed by atoms with E-state index in [1.807, 2.05) is 0 Å². The molecule has 0 aliphatic carbocycles. The molecule has 0 aliphatic rings. The lowest BCUT2D eigenvalue weighted by Gasteiger charge is -2.19. The van der Waals surface area contributed by atoms with Crippen molar-refractivity contribution < 1.29 is 19.4 Å². The van der Waals surface area contributed by atoms with Crippen molar-refractivity contribution in [1.82, 2.24) is 15.5 Å². The topological polar surface area (TPSA) is 116 Å². The van der Waals surface area contributed by atoms with Crippen LogP contribution < -0.4 is 10.6 Å². The van der Waals surface area contributed by atoms with Crippen molar-refractivity contribution in [2.24, 2.45) is 0 Å². The first kappa shape index (κ1) is 16.0. The minimum absolute atomic E-state index is 0.0940. The van der Waals surface area contributed by atoms with Crippen molar-refractivity contribution in [3.63, 3.8) is 0 Å². The highest BCUT2D eigenvalue weighted by Gasteiger charge is 2.20. The Bertz CT molecular complexity index is 476. The SMILES string of the molecule is CC(O)CNC(=O)c1[nH]ncc1NC(=O)OC(C)(C)C. The number of anilines is 1. The normalized spacial score (nSPS) is 12.7. The summed E-state index contributed by atoms with van der Waals surface area (Å²) in [5.41, 5.74) is -0.332. The number of carbonyl (C=O) groups is 2. The standard InChI is InChI=1S/C12H20N4O4/c1-7(17)5-13-10(18)9-8(6-14-16-9)15-11(19)20-12(2,3)4/h6-7,17H,5H2,1-4H3,(H,13,18)(H,14,16)(H,15,19). The number of aromatic amines is 1. The first-order valence-electron chi connectivity index (χ1n) is 6.18. The molecular formula is C12H20N4O4. The fraction of sp³-hybridized carbons (Fsp3) is 0.583. The van der Waals surface area contributed by atoms with Crippen LogP contribution >= 0.6 is 0 Å². The van der Waals surface area contributed by atoms with Gasteiger partial charge in [0.25, 0.3) is 5.91 Å². The van der Waals surface area contributed by atoms with E-state index in [9.17, 15) is 9.59 Å². The van der Waals surface area contributed by atoms with Gasteiger partial charge in [0, 0.05) is 6.54 Å². The molecular weight excluding hydrogens is 264 g/mol. The molecule has 1 aromatic rings. The summed E-state index contributed by atoms with van der Waals surface area (Å²) in [6, 6.07) is 0. The van der Waals surface area contributed by atoms with E-state index in [0.717, 1.165) is 0 Å². The van der Waals surface area contributed by atoms with E-state index in [1.54, 1.807) is 27.7 Å². The first-order chi connectivity index (χ1) is 9.19. The molecule has 8 heteroatoms. The summed E-state index contributed by atoms with van der Waals surface area (Å²) in [6.07, 6.45) is -0.0334. The van der Waals surface area contributed by atoms with E-state index in [-0.39, 0.29) is 17.9 Å². The highest BCUT2D eigenvalue weighted by atomic mass is 16.6. The number of ether oxygens (including phenoxy) is 1. The Morgan fingerprint density at radius 1 is 1.50 bits per heavy atom. The van der Waals surface area contributed by atoms with Crippen molar-refractivity contribution in [2.45, 2.75) is 39.4 Å². The Kier molecular flexibility index (Phi) is 5.09. The number of aliphatic hydroxyl groups excluding tert-OH is 1. The van der Waals surface area contributed by atoms with Crippen LogP contribution in [-0.4, -0.2) is 45.6 Å². The third kappa shape index (κ3) is 5.27. The van der Waals surface area contributed by atoms with Gasteiger partial charge in [-0.2, -0.15) is 5.10 Å². The van der Waals surface area contributed by atoms with Crippen LogP contribution in [0.1, 0.15) is 38.2 Å². The highest BCUT2D eigenvalue weighted by molar-refractivity contribution is 6.00. The summed E-state index contributed by atoms with van der Waals surface area (Å²) >= 11 is 0. The molecule has 0 spiro atoms. The zero-order chi connectivity index (χ0) is 15.3. The lowest BCUT2D eigenvalue weighted by Crippen LogP contribution is -2.32. The van der Waals surface area contributed by atoms with Crippen molar-refractivity contribution >= 4 is 17.7 Å². The molecule has 8 nitrogen and oxygen atoms in total. The van der Waals surface area contributed by atoms with Gasteiger partial charge in [-0.3, -0.25) is 15.2 Å². The average molecular weight is 284 g/mol.